The maximum absolute atomic E-state index is 11.4. The maximum atomic E-state index is 11.4. The quantitative estimate of drug-likeness (QED) is 0.886. The highest BCUT2D eigenvalue weighted by molar-refractivity contribution is 5.84. The van der Waals surface area contributed by atoms with Gasteiger partial charge < -0.3 is 19.9 Å². The highest BCUT2D eigenvalue weighted by Crippen LogP contribution is 2.21. The van der Waals surface area contributed by atoms with Crippen LogP contribution in [-0.4, -0.2) is 49.2 Å². The average molecular weight is 294 g/mol. The van der Waals surface area contributed by atoms with Crippen LogP contribution in [0, 0.1) is 0 Å². The zero-order chi connectivity index (χ0) is 21.0. The van der Waals surface area contributed by atoms with E-state index in [2.05, 4.69) is 15.0 Å². The van der Waals surface area contributed by atoms with Crippen LogP contribution in [0.5, 0.6) is 0 Å². The fourth-order valence-electron chi connectivity index (χ4n) is 2.06. The Balaban J connectivity index is 2.26. The number of nitrogens with zero attached hydrogens (tertiary/aromatic N) is 1. The van der Waals surface area contributed by atoms with Gasteiger partial charge in [0.15, 0.2) is 0 Å². The van der Waals surface area contributed by atoms with E-state index >= 15 is 0 Å². The van der Waals surface area contributed by atoms with Crippen molar-refractivity contribution in [2.24, 2.45) is 0 Å². The van der Waals surface area contributed by atoms with Gasteiger partial charge in [-0.15, -0.1) is 0 Å². The first-order valence-corrected chi connectivity index (χ1v) is 6.61. The molecule has 2 aromatic rings. The minimum atomic E-state index is -2.67. The molecule has 0 aliphatic carbocycles. The predicted octanol–water partition coefficient (Wildman–Crippen LogP) is 1.92. The Bertz CT molecular complexity index is 960. The van der Waals surface area contributed by atoms with Crippen LogP contribution in [0.15, 0.2) is 24.3 Å². The van der Waals surface area contributed by atoms with Crippen molar-refractivity contribution in [3.63, 3.8) is 0 Å². The molecule has 1 atom stereocenters. The van der Waals surface area contributed by atoms with Gasteiger partial charge in [-0.25, -0.2) is 4.79 Å². The molecule has 0 unspecified atom stereocenters. The maximum Gasteiger partial charge on any atom is 0.407 e. The normalized spacial score (nSPS) is 27.2. The van der Waals surface area contributed by atoms with Crippen molar-refractivity contribution >= 4 is 17.0 Å². The standard InChI is InChI=1S/C16H21N3O2/c1-19(2)6-5-12-9-17-15-4-3-11(8-14(12)15)7-13-10-21-16(20)18-13/h3-4,8-9,13,17H,5-7,10H2,1-2H3,(H,18,20)/t13-/m0/s1/i3D,4D,7D2,8D,9D,13D. The molecule has 112 valence electrons. The van der Waals surface area contributed by atoms with E-state index in [1.807, 2.05) is 19.0 Å². The number of fused-ring (bicyclic) bond motifs is 1. The summed E-state index contributed by atoms with van der Waals surface area (Å²) in [6, 6.07) is -3.52. The molecule has 21 heavy (non-hydrogen) atoms. The summed E-state index contributed by atoms with van der Waals surface area (Å²) in [5, 5.41) is 2.30. The van der Waals surface area contributed by atoms with Crippen LogP contribution in [-0.2, 0) is 17.5 Å². The molecule has 2 heterocycles. The molecule has 1 saturated heterocycles. The number of carbonyl (C=O) groups excluding carboxylic acids is 1. The molecule has 0 bridgehead atoms. The molecule has 1 aromatic heterocycles. The summed E-state index contributed by atoms with van der Waals surface area (Å²) in [6.45, 7) is -0.0177. The average Bonchev–Trinajstić information content (AvgIpc) is 3.11. The zero-order valence-electron chi connectivity index (χ0n) is 18.9. The van der Waals surface area contributed by atoms with Crippen LogP contribution in [0.25, 0.3) is 10.9 Å². The smallest absolute Gasteiger partial charge is 0.407 e. The van der Waals surface area contributed by atoms with Crippen LogP contribution in [0.4, 0.5) is 4.79 Å². The first-order valence-electron chi connectivity index (χ1n) is 10.1. The Morgan fingerprint density at radius 1 is 1.57 bits per heavy atom. The lowest BCUT2D eigenvalue weighted by atomic mass is 10.0. The second kappa shape index (κ2) is 5.77. The second-order valence-electron chi connectivity index (χ2n) is 5.09. The third-order valence-electron chi connectivity index (χ3n) is 3.14. The van der Waals surface area contributed by atoms with Crippen molar-refractivity contribution in [3.05, 3.63) is 35.4 Å². The number of rotatable bonds is 5. The molecule has 0 saturated carbocycles. The highest BCUT2D eigenvalue weighted by atomic mass is 16.6. The zero-order valence-corrected chi connectivity index (χ0v) is 11.9. The van der Waals surface area contributed by atoms with Crippen molar-refractivity contribution in [1.82, 2.24) is 15.2 Å². The van der Waals surface area contributed by atoms with Gasteiger partial charge in [-0.3, -0.25) is 0 Å². The van der Waals surface area contributed by atoms with E-state index in [9.17, 15) is 4.79 Å². The van der Waals surface area contributed by atoms with E-state index in [1.54, 1.807) is 0 Å². The number of hydrogen-bond acceptors (Lipinski definition) is 3. The largest absolute Gasteiger partial charge is 0.447 e. The molecule has 1 amide bonds. The molecule has 1 aliphatic heterocycles. The summed E-state index contributed by atoms with van der Waals surface area (Å²) in [5.41, 5.74) is 0.0972. The van der Waals surface area contributed by atoms with Crippen LogP contribution < -0.4 is 5.32 Å². The fourth-order valence-corrected chi connectivity index (χ4v) is 2.06. The molecule has 3 rings (SSSR count). The van der Waals surface area contributed by atoms with Crippen LogP contribution in [0.1, 0.15) is 20.7 Å². The summed E-state index contributed by atoms with van der Waals surface area (Å²) >= 11 is 0. The van der Waals surface area contributed by atoms with Crippen LogP contribution in [0.3, 0.4) is 0 Å². The molecule has 5 heteroatoms. The first kappa shape index (κ1) is 7.84. The third-order valence-corrected chi connectivity index (χ3v) is 3.14. The molecule has 2 N–H and O–H groups in total. The predicted molar refractivity (Wildman–Crippen MR) is 82.5 cm³/mol. The van der Waals surface area contributed by atoms with Gasteiger partial charge in [0.25, 0.3) is 0 Å². The van der Waals surface area contributed by atoms with E-state index in [0.717, 1.165) is 0 Å². The lowest BCUT2D eigenvalue weighted by molar-refractivity contribution is 0.177. The number of carbonyl (C=O) groups is 1. The first-order chi connectivity index (χ1) is 12.9. The van der Waals surface area contributed by atoms with Gasteiger partial charge in [0.2, 0.25) is 0 Å². The van der Waals surface area contributed by atoms with Crippen LogP contribution >= 0.6 is 0 Å². The monoisotopic (exact) mass is 294 g/mol. The minimum Gasteiger partial charge on any atom is -0.447 e. The van der Waals surface area contributed by atoms with E-state index in [0.29, 0.717) is 18.5 Å². The SMILES string of the molecule is [2H]c1[nH]c2c([2H])c([2H])c(C([2H])([2H])[C@@]3([2H])COC(=O)N3)c([2H])c2c1CCN(C)C. The molecule has 1 aliphatic rings. The lowest BCUT2D eigenvalue weighted by Gasteiger charge is -2.09. The van der Waals surface area contributed by atoms with Gasteiger partial charge in [-0.1, -0.05) is 6.04 Å². The Morgan fingerprint density at radius 3 is 3.14 bits per heavy atom. The highest BCUT2D eigenvalue weighted by Gasteiger charge is 2.22. The Morgan fingerprint density at radius 2 is 2.43 bits per heavy atom. The van der Waals surface area contributed by atoms with Gasteiger partial charge >= 0.3 is 6.09 Å². The number of aromatic nitrogens is 1. The van der Waals surface area contributed by atoms with Crippen molar-refractivity contribution in [1.29, 1.82) is 0 Å². The van der Waals surface area contributed by atoms with Gasteiger partial charge in [-0.2, -0.15) is 0 Å². The van der Waals surface area contributed by atoms with E-state index in [4.69, 9.17) is 9.60 Å². The van der Waals surface area contributed by atoms with E-state index < -0.39 is 36.7 Å². The number of ether oxygens (including phenoxy) is 1. The molecule has 5 nitrogen and oxygen atoms in total. The molecular weight excluding hydrogens is 266 g/mol. The number of amides is 1. The summed E-state index contributed by atoms with van der Waals surface area (Å²) < 4.78 is 63.1. The Kier molecular flexibility index (Phi) is 2.16. The van der Waals surface area contributed by atoms with Crippen molar-refractivity contribution in [2.75, 3.05) is 27.2 Å². The summed E-state index contributed by atoms with van der Waals surface area (Å²) in [6.07, 6.45) is -3.22. The molecule has 1 aromatic carbocycles. The van der Waals surface area contributed by atoms with Crippen LogP contribution in [0.2, 0.25) is 0 Å². The lowest BCUT2D eigenvalue weighted by Crippen LogP contribution is -2.28. The third kappa shape index (κ3) is 3.19. The Labute approximate surface area is 134 Å². The van der Waals surface area contributed by atoms with Gasteiger partial charge in [0.05, 0.1) is 12.9 Å². The fraction of sp³-hybridized carbons (Fsp3) is 0.438. The molecule has 1 fully saturated rings. The van der Waals surface area contributed by atoms with E-state index in [1.165, 1.54) is 0 Å². The van der Waals surface area contributed by atoms with Crippen molar-refractivity contribution < 1.29 is 19.1 Å². The number of cyclic esters (lactones) is 1. The number of hydrogen-bond donors (Lipinski definition) is 2. The van der Waals surface area contributed by atoms with E-state index in [-0.39, 0.29) is 29.2 Å². The molecular formula is C16H21N3O2. The van der Waals surface area contributed by atoms with Gasteiger partial charge in [-0.05, 0) is 50.1 Å². The molecule has 0 radical (unpaired) electrons. The van der Waals surface area contributed by atoms with Gasteiger partial charge in [0.1, 0.15) is 6.61 Å². The summed E-state index contributed by atoms with van der Waals surface area (Å²) in [5.74, 6) is 0. The number of likely N-dealkylation sites (N-methyl/N-ethyl adjacent to an activating group) is 1. The van der Waals surface area contributed by atoms with Gasteiger partial charge in [0, 0.05) is 26.4 Å². The number of H-pyrrole nitrogens is 1. The Hall–Kier alpha value is -2.01. The van der Waals surface area contributed by atoms with Crippen molar-refractivity contribution in [3.8, 4) is 0 Å². The summed E-state index contributed by atoms with van der Waals surface area (Å²) in [4.78, 5) is 16.0. The van der Waals surface area contributed by atoms with Crippen molar-refractivity contribution in [2.45, 2.75) is 18.8 Å². The number of nitrogens with one attached hydrogen (secondary N) is 2. The number of aromatic amines is 1. The number of alkyl carbamates (subject to hydrolysis) is 1. The molecule has 0 spiro atoms. The summed E-state index contributed by atoms with van der Waals surface area (Å²) in [7, 11) is 3.71. The second-order valence-corrected chi connectivity index (χ2v) is 5.09. The number of benzene rings is 1. The minimum absolute atomic E-state index is 0.00838. The topological polar surface area (TPSA) is 57.4 Å².